The maximum Gasteiger partial charge on any atom is 0.275 e. The fraction of sp³-hybridized carbons (Fsp3) is 0.0952. The Morgan fingerprint density at radius 3 is 2.68 bits per heavy atom. The van der Waals surface area contributed by atoms with Gasteiger partial charge in [0.05, 0.1) is 19.0 Å². The third-order valence-corrected chi connectivity index (χ3v) is 4.13. The fourth-order valence-electron chi connectivity index (χ4n) is 2.72. The first-order valence-electron chi connectivity index (χ1n) is 8.66. The van der Waals surface area contributed by atoms with Crippen LogP contribution in [0, 0.1) is 6.92 Å². The molecule has 7 heteroatoms. The zero-order valence-corrected chi connectivity index (χ0v) is 15.4. The summed E-state index contributed by atoms with van der Waals surface area (Å²) in [4.78, 5) is 21.1. The van der Waals surface area contributed by atoms with Crippen LogP contribution in [0.2, 0.25) is 0 Å². The van der Waals surface area contributed by atoms with Gasteiger partial charge in [-0.3, -0.25) is 4.79 Å². The first-order chi connectivity index (χ1) is 13.6. The number of carbonyl (C=O) groups is 1. The van der Waals surface area contributed by atoms with E-state index in [9.17, 15) is 4.79 Å². The molecule has 0 spiro atoms. The molecular weight excluding hydrogens is 356 g/mol. The maximum absolute atomic E-state index is 12.5. The summed E-state index contributed by atoms with van der Waals surface area (Å²) >= 11 is 0. The van der Waals surface area contributed by atoms with E-state index in [-0.39, 0.29) is 5.91 Å². The SMILES string of the molecule is COc1ccccc1Oc1ccc(NC(=O)c2cn3ccc(C)cc3n2)cn1. The topological polar surface area (TPSA) is 77.8 Å². The minimum atomic E-state index is -0.304. The van der Waals surface area contributed by atoms with Crippen molar-refractivity contribution >= 4 is 17.2 Å². The highest BCUT2D eigenvalue weighted by molar-refractivity contribution is 6.03. The number of methoxy groups -OCH3 is 1. The number of amides is 1. The molecule has 0 aliphatic rings. The Hall–Kier alpha value is -3.87. The summed E-state index contributed by atoms with van der Waals surface area (Å²) < 4.78 is 12.8. The van der Waals surface area contributed by atoms with Gasteiger partial charge in [-0.15, -0.1) is 0 Å². The molecule has 0 unspecified atom stereocenters. The smallest absolute Gasteiger partial charge is 0.275 e. The molecule has 1 amide bonds. The third kappa shape index (κ3) is 3.64. The van der Waals surface area contributed by atoms with Gasteiger partial charge in [0.25, 0.3) is 5.91 Å². The van der Waals surface area contributed by atoms with E-state index in [2.05, 4.69) is 15.3 Å². The Bertz CT molecular complexity index is 1140. The first-order valence-corrected chi connectivity index (χ1v) is 8.66. The zero-order chi connectivity index (χ0) is 19.5. The summed E-state index contributed by atoms with van der Waals surface area (Å²) in [5, 5.41) is 2.79. The number of hydrogen-bond donors (Lipinski definition) is 1. The van der Waals surface area contributed by atoms with Crippen LogP contribution in [0.15, 0.2) is 67.1 Å². The van der Waals surface area contributed by atoms with Crippen LogP contribution in [0.3, 0.4) is 0 Å². The second kappa shape index (κ2) is 7.40. The first kappa shape index (κ1) is 17.5. The highest BCUT2D eigenvalue weighted by atomic mass is 16.5. The highest BCUT2D eigenvalue weighted by Crippen LogP contribution is 2.30. The summed E-state index contributed by atoms with van der Waals surface area (Å²) in [5.74, 6) is 1.27. The Balaban J connectivity index is 1.47. The van der Waals surface area contributed by atoms with E-state index in [4.69, 9.17) is 9.47 Å². The fourth-order valence-corrected chi connectivity index (χ4v) is 2.72. The zero-order valence-electron chi connectivity index (χ0n) is 15.4. The summed E-state index contributed by atoms with van der Waals surface area (Å²) in [5.41, 5.74) is 2.69. The van der Waals surface area contributed by atoms with Gasteiger partial charge in [0, 0.05) is 18.5 Å². The van der Waals surface area contributed by atoms with Crippen molar-refractivity contribution in [2.24, 2.45) is 0 Å². The van der Waals surface area contributed by atoms with E-state index in [1.165, 1.54) is 6.20 Å². The summed E-state index contributed by atoms with van der Waals surface area (Å²) in [6.07, 6.45) is 5.10. The average Bonchev–Trinajstić information content (AvgIpc) is 3.13. The van der Waals surface area contributed by atoms with Gasteiger partial charge in [0.2, 0.25) is 5.88 Å². The summed E-state index contributed by atoms with van der Waals surface area (Å²) in [6, 6.07) is 14.6. The van der Waals surface area contributed by atoms with Crippen LogP contribution in [0.5, 0.6) is 17.4 Å². The molecule has 140 valence electrons. The van der Waals surface area contributed by atoms with Gasteiger partial charge in [-0.05, 0) is 42.8 Å². The van der Waals surface area contributed by atoms with E-state index in [0.717, 1.165) is 11.2 Å². The predicted molar refractivity (Wildman–Crippen MR) is 105 cm³/mol. The minimum absolute atomic E-state index is 0.304. The molecule has 0 fully saturated rings. The molecule has 1 aromatic carbocycles. The van der Waals surface area contributed by atoms with Gasteiger partial charge < -0.3 is 19.2 Å². The second-order valence-electron chi connectivity index (χ2n) is 6.19. The van der Waals surface area contributed by atoms with Crippen LogP contribution in [-0.2, 0) is 0 Å². The molecule has 0 atom stereocenters. The van der Waals surface area contributed by atoms with Gasteiger partial charge in [-0.1, -0.05) is 12.1 Å². The van der Waals surface area contributed by atoms with Crippen molar-refractivity contribution in [3.8, 4) is 17.4 Å². The number of nitrogens with one attached hydrogen (secondary N) is 1. The van der Waals surface area contributed by atoms with Crippen LogP contribution >= 0.6 is 0 Å². The number of rotatable bonds is 5. The second-order valence-corrected chi connectivity index (χ2v) is 6.19. The Kier molecular flexibility index (Phi) is 4.63. The molecule has 0 radical (unpaired) electrons. The van der Waals surface area contributed by atoms with Gasteiger partial charge in [0.1, 0.15) is 11.3 Å². The number of aryl methyl sites for hydroxylation is 1. The monoisotopic (exact) mass is 374 g/mol. The Morgan fingerprint density at radius 2 is 1.93 bits per heavy atom. The summed E-state index contributed by atoms with van der Waals surface area (Å²) in [7, 11) is 1.58. The van der Waals surface area contributed by atoms with E-state index >= 15 is 0 Å². The summed E-state index contributed by atoms with van der Waals surface area (Å²) in [6.45, 7) is 1.98. The molecule has 0 aliphatic carbocycles. The van der Waals surface area contributed by atoms with Crippen LogP contribution in [0.4, 0.5) is 5.69 Å². The number of aromatic nitrogens is 3. The van der Waals surface area contributed by atoms with Crippen LogP contribution in [0.1, 0.15) is 16.1 Å². The number of ether oxygens (including phenoxy) is 2. The average molecular weight is 374 g/mol. The lowest BCUT2D eigenvalue weighted by Gasteiger charge is -2.09. The van der Waals surface area contributed by atoms with Crippen molar-refractivity contribution in [2.75, 3.05) is 12.4 Å². The van der Waals surface area contributed by atoms with Crippen LogP contribution < -0.4 is 14.8 Å². The number of benzene rings is 1. The quantitative estimate of drug-likeness (QED) is 0.569. The molecule has 0 aliphatic heterocycles. The standard InChI is InChI=1S/C21H18N4O3/c1-14-9-10-25-13-16(24-19(25)11-14)21(26)23-15-7-8-20(22-12-15)28-18-6-4-3-5-17(18)27-2/h3-13H,1-2H3,(H,23,26). The van der Waals surface area contributed by atoms with E-state index in [1.54, 1.807) is 37.6 Å². The normalized spacial score (nSPS) is 10.6. The molecule has 0 saturated heterocycles. The van der Waals surface area contributed by atoms with Crippen LogP contribution in [0.25, 0.3) is 5.65 Å². The molecule has 28 heavy (non-hydrogen) atoms. The Labute approximate surface area is 161 Å². The molecule has 0 bridgehead atoms. The number of pyridine rings is 2. The molecule has 1 N–H and O–H groups in total. The number of fused-ring (bicyclic) bond motifs is 1. The number of anilines is 1. The number of carbonyl (C=O) groups excluding carboxylic acids is 1. The molecule has 7 nitrogen and oxygen atoms in total. The van der Waals surface area contributed by atoms with Gasteiger partial charge >= 0.3 is 0 Å². The molecule has 3 heterocycles. The van der Waals surface area contributed by atoms with Gasteiger partial charge in [0.15, 0.2) is 11.5 Å². The lowest BCUT2D eigenvalue weighted by Crippen LogP contribution is -2.12. The van der Waals surface area contributed by atoms with Crippen molar-refractivity contribution in [1.29, 1.82) is 0 Å². The number of para-hydroxylation sites is 2. The highest BCUT2D eigenvalue weighted by Gasteiger charge is 2.12. The molecule has 3 aromatic heterocycles. The lowest BCUT2D eigenvalue weighted by atomic mass is 10.3. The maximum atomic E-state index is 12.5. The molecule has 0 saturated carbocycles. The van der Waals surface area contributed by atoms with E-state index in [1.807, 2.05) is 41.8 Å². The number of nitrogens with zero attached hydrogens (tertiary/aromatic N) is 3. The van der Waals surface area contributed by atoms with Crippen molar-refractivity contribution < 1.29 is 14.3 Å². The van der Waals surface area contributed by atoms with Gasteiger partial charge in [-0.25, -0.2) is 9.97 Å². The molecule has 4 aromatic rings. The van der Waals surface area contributed by atoms with Crippen LogP contribution in [-0.4, -0.2) is 27.4 Å². The van der Waals surface area contributed by atoms with E-state index < -0.39 is 0 Å². The van der Waals surface area contributed by atoms with E-state index in [0.29, 0.717) is 28.8 Å². The van der Waals surface area contributed by atoms with Crippen molar-refractivity contribution in [2.45, 2.75) is 6.92 Å². The number of hydrogen-bond acceptors (Lipinski definition) is 5. The van der Waals surface area contributed by atoms with Crippen molar-refractivity contribution in [1.82, 2.24) is 14.4 Å². The predicted octanol–water partition coefficient (Wildman–Crippen LogP) is 4.09. The molecule has 4 rings (SSSR count). The van der Waals surface area contributed by atoms with Crippen molar-refractivity contribution in [3.05, 3.63) is 78.4 Å². The molecular formula is C21H18N4O3. The minimum Gasteiger partial charge on any atom is -0.493 e. The van der Waals surface area contributed by atoms with Crippen molar-refractivity contribution in [3.63, 3.8) is 0 Å². The number of imidazole rings is 1. The third-order valence-electron chi connectivity index (χ3n) is 4.13. The van der Waals surface area contributed by atoms with Gasteiger partial charge in [-0.2, -0.15) is 0 Å². The lowest BCUT2D eigenvalue weighted by molar-refractivity contribution is 0.102. The Morgan fingerprint density at radius 1 is 1.11 bits per heavy atom. The largest absolute Gasteiger partial charge is 0.493 e.